The van der Waals surface area contributed by atoms with Crippen LogP contribution in [0.5, 0.6) is 0 Å². The van der Waals surface area contributed by atoms with Crippen molar-refractivity contribution in [1.29, 1.82) is 0 Å². The van der Waals surface area contributed by atoms with Gasteiger partial charge in [0, 0.05) is 0 Å². The Morgan fingerprint density at radius 1 is 1.26 bits per heavy atom. The van der Waals surface area contributed by atoms with Gasteiger partial charge in [-0.3, -0.25) is 0 Å². The minimum Gasteiger partial charge on any atom is -0.457 e. The van der Waals surface area contributed by atoms with Crippen molar-refractivity contribution in [1.82, 2.24) is 0 Å². The van der Waals surface area contributed by atoms with E-state index in [9.17, 15) is 9.18 Å². The summed E-state index contributed by atoms with van der Waals surface area (Å²) in [5, 5.41) is -0.0234. The van der Waals surface area contributed by atoms with Crippen molar-refractivity contribution in [2.24, 2.45) is 0 Å². The summed E-state index contributed by atoms with van der Waals surface area (Å²) in [6.07, 6.45) is 0. The van der Waals surface area contributed by atoms with Gasteiger partial charge in [0.15, 0.2) is 0 Å². The van der Waals surface area contributed by atoms with Crippen LogP contribution in [0.15, 0.2) is 42.5 Å². The highest BCUT2D eigenvalue weighted by atomic mass is 35.5. The van der Waals surface area contributed by atoms with Crippen LogP contribution in [0.2, 0.25) is 5.02 Å². The van der Waals surface area contributed by atoms with E-state index >= 15 is 0 Å². The standard InChI is InChI=1S/C14H11ClFNO2/c15-11-7-12(16)13(17)6-10(11)14(18)19-8-9-4-2-1-3-5-9/h1-7H,8,17H2. The van der Waals surface area contributed by atoms with Crippen LogP contribution in [0.3, 0.4) is 0 Å². The molecule has 0 saturated heterocycles. The fourth-order valence-electron chi connectivity index (χ4n) is 1.52. The van der Waals surface area contributed by atoms with Crippen LogP contribution < -0.4 is 5.73 Å². The molecule has 0 saturated carbocycles. The third-order valence-corrected chi connectivity index (χ3v) is 2.83. The summed E-state index contributed by atoms with van der Waals surface area (Å²) in [5.74, 6) is -1.30. The molecule has 0 aliphatic heterocycles. The Hall–Kier alpha value is -2.07. The molecule has 0 unspecified atom stereocenters. The molecule has 98 valence electrons. The highest BCUT2D eigenvalue weighted by Gasteiger charge is 2.15. The largest absolute Gasteiger partial charge is 0.457 e. The lowest BCUT2D eigenvalue weighted by molar-refractivity contribution is 0.0473. The van der Waals surface area contributed by atoms with Crippen LogP contribution >= 0.6 is 11.6 Å². The second kappa shape index (κ2) is 5.71. The maximum atomic E-state index is 13.1. The number of benzene rings is 2. The summed E-state index contributed by atoms with van der Waals surface area (Å²) in [5.41, 5.74) is 6.15. The molecular formula is C14H11ClFNO2. The smallest absolute Gasteiger partial charge is 0.340 e. The van der Waals surface area contributed by atoms with Crippen molar-refractivity contribution in [3.05, 3.63) is 64.4 Å². The SMILES string of the molecule is Nc1cc(C(=O)OCc2ccccc2)c(Cl)cc1F. The first-order valence-corrected chi connectivity index (χ1v) is 5.91. The first-order chi connectivity index (χ1) is 9.08. The molecule has 19 heavy (non-hydrogen) atoms. The van der Waals surface area contributed by atoms with Crippen LogP contribution in [-0.2, 0) is 11.3 Å². The molecule has 0 heterocycles. The minimum absolute atomic E-state index is 0.0234. The molecule has 2 aromatic rings. The number of ether oxygens (including phenoxy) is 1. The molecule has 2 rings (SSSR count). The molecule has 0 aliphatic rings. The molecule has 5 heteroatoms. The van der Waals surface area contributed by atoms with Crippen molar-refractivity contribution in [3.63, 3.8) is 0 Å². The lowest BCUT2D eigenvalue weighted by Crippen LogP contribution is -2.07. The molecule has 0 radical (unpaired) electrons. The summed E-state index contributed by atoms with van der Waals surface area (Å²) in [7, 11) is 0. The molecule has 0 spiro atoms. The maximum absolute atomic E-state index is 13.1. The van der Waals surface area contributed by atoms with Crippen LogP contribution in [0.4, 0.5) is 10.1 Å². The summed E-state index contributed by atoms with van der Waals surface area (Å²) in [4.78, 5) is 11.8. The normalized spacial score (nSPS) is 10.2. The Morgan fingerprint density at radius 2 is 1.95 bits per heavy atom. The molecule has 3 nitrogen and oxygen atoms in total. The van der Waals surface area contributed by atoms with Crippen molar-refractivity contribution < 1.29 is 13.9 Å². The van der Waals surface area contributed by atoms with E-state index in [1.807, 2.05) is 30.3 Å². The van der Waals surface area contributed by atoms with Crippen LogP contribution in [0.25, 0.3) is 0 Å². The van der Waals surface area contributed by atoms with Gasteiger partial charge >= 0.3 is 5.97 Å². The summed E-state index contributed by atoms with van der Waals surface area (Å²) in [6, 6.07) is 11.4. The highest BCUT2D eigenvalue weighted by molar-refractivity contribution is 6.33. The molecule has 2 aromatic carbocycles. The van der Waals surface area contributed by atoms with Gasteiger partial charge in [-0.1, -0.05) is 41.9 Å². The molecule has 0 atom stereocenters. The van der Waals surface area contributed by atoms with E-state index in [-0.39, 0.29) is 22.9 Å². The van der Waals surface area contributed by atoms with Gasteiger partial charge < -0.3 is 10.5 Å². The van der Waals surface area contributed by atoms with Gasteiger partial charge in [-0.2, -0.15) is 0 Å². The fraction of sp³-hybridized carbons (Fsp3) is 0.0714. The van der Waals surface area contributed by atoms with Gasteiger partial charge in [-0.05, 0) is 17.7 Å². The predicted molar refractivity (Wildman–Crippen MR) is 71.4 cm³/mol. The van der Waals surface area contributed by atoms with Gasteiger partial charge in [0.1, 0.15) is 12.4 Å². The number of nitrogen functional groups attached to an aromatic ring is 1. The van der Waals surface area contributed by atoms with E-state index in [2.05, 4.69) is 0 Å². The first-order valence-electron chi connectivity index (χ1n) is 5.53. The number of hydrogen-bond acceptors (Lipinski definition) is 3. The van der Waals surface area contributed by atoms with Gasteiger partial charge in [-0.25, -0.2) is 9.18 Å². The second-order valence-electron chi connectivity index (χ2n) is 3.92. The van der Waals surface area contributed by atoms with Crippen molar-refractivity contribution in [2.75, 3.05) is 5.73 Å². The van der Waals surface area contributed by atoms with Crippen LogP contribution in [-0.4, -0.2) is 5.97 Å². The molecule has 0 aliphatic carbocycles. The van der Waals surface area contributed by atoms with Gasteiger partial charge in [-0.15, -0.1) is 0 Å². The molecule has 2 N–H and O–H groups in total. The Labute approximate surface area is 114 Å². The zero-order chi connectivity index (χ0) is 13.8. The van der Waals surface area contributed by atoms with Gasteiger partial charge in [0.25, 0.3) is 0 Å². The Kier molecular flexibility index (Phi) is 4.02. The summed E-state index contributed by atoms with van der Waals surface area (Å²) in [6.45, 7) is 0.118. The number of halogens is 2. The van der Waals surface area contributed by atoms with Crippen molar-refractivity contribution in [2.45, 2.75) is 6.61 Å². The van der Waals surface area contributed by atoms with E-state index in [1.54, 1.807) is 0 Å². The lowest BCUT2D eigenvalue weighted by Gasteiger charge is -2.07. The van der Waals surface area contributed by atoms with Crippen LogP contribution in [0, 0.1) is 5.82 Å². The minimum atomic E-state index is -0.662. The number of rotatable bonds is 3. The zero-order valence-electron chi connectivity index (χ0n) is 9.90. The maximum Gasteiger partial charge on any atom is 0.340 e. The van der Waals surface area contributed by atoms with E-state index < -0.39 is 11.8 Å². The monoisotopic (exact) mass is 279 g/mol. The molecule has 0 amide bonds. The average molecular weight is 280 g/mol. The zero-order valence-corrected chi connectivity index (χ0v) is 10.7. The van der Waals surface area contributed by atoms with E-state index in [0.29, 0.717) is 0 Å². The van der Waals surface area contributed by atoms with Crippen LogP contribution in [0.1, 0.15) is 15.9 Å². The van der Waals surface area contributed by atoms with Crippen molar-refractivity contribution in [3.8, 4) is 0 Å². The number of hydrogen-bond donors (Lipinski definition) is 1. The summed E-state index contributed by atoms with van der Waals surface area (Å²) < 4.78 is 18.2. The first kappa shape index (κ1) is 13.4. The predicted octanol–water partition coefficient (Wildman–Crippen LogP) is 3.42. The molecule has 0 fully saturated rings. The number of esters is 1. The van der Waals surface area contributed by atoms with E-state index in [0.717, 1.165) is 11.6 Å². The number of nitrogens with two attached hydrogens (primary N) is 1. The van der Waals surface area contributed by atoms with Gasteiger partial charge in [0.05, 0.1) is 16.3 Å². The topological polar surface area (TPSA) is 52.3 Å². The summed E-state index contributed by atoms with van der Waals surface area (Å²) >= 11 is 5.78. The molecular weight excluding hydrogens is 269 g/mol. The molecule has 0 bridgehead atoms. The van der Waals surface area contributed by atoms with Crippen molar-refractivity contribution >= 4 is 23.3 Å². The number of carbonyl (C=O) groups excluding carboxylic acids is 1. The highest BCUT2D eigenvalue weighted by Crippen LogP contribution is 2.23. The van der Waals surface area contributed by atoms with E-state index in [1.165, 1.54) is 6.07 Å². The average Bonchev–Trinajstić information content (AvgIpc) is 2.41. The van der Waals surface area contributed by atoms with Gasteiger partial charge in [0.2, 0.25) is 0 Å². The molecule has 0 aromatic heterocycles. The Morgan fingerprint density at radius 3 is 2.63 bits per heavy atom. The third kappa shape index (κ3) is 3.23. The number of carbonyl (C=O) groups is 1. The Balaban J connectivity index is 2.10. The third-order valence-electron chi connectivity index (χ3n) is 2.52. The fourth-order valence-corrected chi connectivity index (χ4v) is 1.75. The van der Waals surface area contributed by atoms with E-state index in [4.69, 9.17) is 22.1 Å². The lowest BCUT2D eigenvalue weighted by atomic mass is 10.2. The second-order valence-corrected chi connectivity index (χ2v) is 4.32. The quantitative estimate of drug-likeness (QED) is 0.692. The Bertz CT molecular complexity index is 602. The number of anilines is 1.